The van der Waals surface area contributed by atoms with Crippen LogP contribution in [0, 0.1) is 0 Å². The van der Waals surface area contributed by atoms with E-state index < -0.39 is 0 Å². The van der Waals surface area contributed by atoms with Gasteiger partial charge in [0, 0.05) is 23.7 Å². The third-order valence-corrected chi connectivity index (χ3v) is 6.17. The Balaban J connectivity index is 1.70. The number of H-pyrrole nitrogens is 2. The second kappa shape index (κ2) is 9.34. The van der Waals surface area contributed by atoms with Gasteiger partial charge < -0.3 is 14.7 Å². The summed E-state index contributed by atoms with van der Waals surface area (Å²) in [5.74, 6) is 1.46. The molecule has 1 atom stereocenters. The van der Waals surface area contributed by atoms with E-state index in [1.165, 1.54) is 68.3 Å². The summed E-state index contributed by atoms with van der Waals surface area (Å²) in [7, 11) is 1.72. The monoisotopic (exact) mass is 391 g/mol. The number of hydrogen-bond acceptors (Lipinski definition) is 2. The number of rotatable bonds is 6. The molecule has 1 unspecified atom stereocenters. The van der Waals surface area contributed by atoms with Gasteiger partial charge in [-0.1, -0.05) is 39.0 Å². The zero-order valence-electron chi connectivity index (χ0n) is 17.8. The van der Waals surface area contributed by atoms with Crippen LogP contribution in [-0.4, -0.2) is 22.8 Å². The van der Waals surface area contributed by atoms with Gasteiger partial charge >= 0.3 is 0 Å². The molecular weight excluding hydrogens is 358 g/mol. The van der Waals surface area contributed by atoms with Crippen molar-refractivity contribution in [3.63, 3.8) is 0 Å². The largest absolute Gasteiger partial charge is 0.494 e. The summed E-state index contributed by atoms with van der Waals surface area (Å²) in [6.07, 6.45) is 17.7. The molecule has 0 aromatic carbocycles. The van der Waals surface area contributed by atoms with E-state index in [1.807, 2.05) is 24.4 Å². The van der Waals surface area contributed by atoms with Crippen molar-refractivity contribution in [2.45, 2.75) is 70.6 Å². The number of aromatic nitrogens is 2. The van der Waals surface area contributed by atoms with E-state index in [0.29, 0.717) is 5.92 Å². The third kappa shape index (κ3) is 4.58. The van der Waals surface area contributed by atoms with Gasteiger partial charge in [0.1, 0.15) is 11.5 Å². The molecular formula is C25H33N3O. The predicted molar refractivity (Wildman–Crippen MR) is 120 cm³/mol. The van der Waals surface area contributed by atoms with Crippen LogP contribution in [0.2, 0.25) is 0 Å². The van der Waals surface area contributed by atoms with E-state index in [-0.39, 0.29) is 0 Å². The lowest BCUT2D eigenvalue weighted by atomic mass is 9.87. The van der Waals surface area contributed by atoms with Crippen molar-refractivity contribution >= 4 is 11.8 Å². The molecule has 3 heterocycles. The van der Waals surface area contributed by atoms with Crippen molar-refractivity contribution in [2.24, 2.45) is 4.99 Å². The summed E-state index contributed by atoms with van der Waals surface area (Å²) >= 11 is 0. The van der Waals surface area contributed by atoms with Crippen molar-refractivity contribution in [2.75, 3.05) is 7.11 Å². The first-order chi connectivity index (χ1) is 14.3. The molecule has 2 N–H and O–H groups in total. The zero-order chi connectivity index (χ0) is 20.1. The summed E-state index contributed by atoms with van der Waals surface area (Å²) in [5.41, 5.74) is 6.90. The molecule has 1 aliphatic heterocycles. The van der Waals surface area contributed by atoms with Gasteiger partial charge in [-0.05, 0) is 61.4 Å². The fourth-order valence-electron chi connectivity index (χ4n) is 4.55. The Hall–Kier alpha value is -2.49. The van der Waals surface area contributed by atoms with E-state index in [2.05, 4.69) is 29.0 Å². The average Bonchev–Trinajstić information content (AvgIpc) is 3.47. The Kier molecular flexibility index (Phi) is 6.38. The number of fused-ring (bicyclic) bond motifs is 2. The highest BCUT2D eigenvalue weighted by atomic mass is 16.5. The fraction of sp³-hybridized carbons (Fsp3) is 0.480. The quantitative estimate of drug-likeness (QED) is 0.580. The molecule has 0 radical (unpaired) electrons. The molecule has 2 aliphatic rings. The topological polar surface area (TPSA) is 53.2 Å². The second-order valence-electron chi connectivity index (χ2n) is 8.28. The molecule has 0 saturated heterocycles. The van der Waals surface area contributed by atoms with Crippen molar-refractivity contribution in [3.05, 3.63) is 64.6 Å². The van der Waals surface area contributed by atoms with Crippen LogP contribution in [0.1, 0.15) is 86.9 Å². The summed E-state index contributed by atoms with van der Waals surface area (Å²) in [4.78, 5) is 11.8. The molecule has 2 aromatic heterocycles. The minimum absolute atomic E-state index is 0.633. The first-order valence-electron chi connectivity index (χ1n) is 11.2. The molecule has 0 saturated carbocycles. The Morgan fingerprint density at radius 2 is 2.14 bits per heavy atom. The molecule has 1 aliphatic carbocycles. The predicted octanol–water partition coefficient (Wildman–Crippen LogP) is 6.50. The van der Waals surface area contributed by atoms with Crippen LogP contribution in [0.5, 0.6) is 0 Å². The van der Waals surface area contributed by atoms with Crippen LogP contribution in [0.4, 0.5) is 0 Å². The molecule has 0 spiro atoms. The maximum atomic E-state index is 5.65. The van der Waals surface area contributed by atoms with Crippen LogP contribution < -0.4 is 0 Å². The van der Waals surface area contributed by atoms with Crippen LogP contribution >= 0.6 is 0 Å². The highest BCUT2D eigenvalue weighted by Gasteiger charge is 2.21. The Labute approximate surface area is 174 Å². The van der Waals surface area contributed by atoms with E-state index in [9.17, 15) is 0 Å². The van der Waals surface area contributed by atoms with Crippen molar-refractivity contribution in [3.8, 4) is 0 Å². The number of aliphatic imine (C=N–C) groups is 1. The first-order valence-corrected chi connectivity index (χ1v) is 11.2. The summed E-state index contributed by atoms with van der Waals surface area (Å²) in [6, 6.07) is 6.47. The highest BCUT2D eigenvalue weighted by Crippen LogP contribution is 2.35. The zero-order valence-corrected chi connectivity index (χ0v) is 17.8. The van der Waals surface area contributed by atoms with Gasteiger partial charge in [0.15, 0.2) is 0 Å². The van der Waals surface area contributed by atoms with Crippen LogP contribution in [0.15, 0.2) is 46.9 Å². The van der Waals surface area contributed by atoms with Crippen LogP contribution in [0.25, 0.3) is 6.08 Å². The van der Waals surface area contributed by atoms with Gasteiger partial charge in [-0.15, -0.1) is 0 Å². The molecule has 4 nitrogen and oxygen atoms in total. The number of nitrogens with one attached hydrogen (secondary N) is 2. The minimum Gasteiger partial charge on any atom is -0.494 e. The first kappa shape index (κ1) is 19.8. The van der Waals surface area contributed by atoms with E-state index in [0.717, 1.165) is 29.3 Å². The van der Waals surface area contributed by atoms with Gasteiger partial charge in [-0.25, -0.2) is 4.99 Å². The smallest absolute Gasteiger partial charge is 0.146 e. The number of unbranched alkanes of at least 4 members (excludes halogenated alkanes) is 1. The fourth-order valence-corrected chi connectivity index (χ4v) is 4.55. The molecule has 4 heteroatoms. The summed E-state index contributed by atoms with van der Waals surface area (Å²) in [6.45, 7) is 2.29. The Morgan fingerprint density at radius 3 is 2.93 bits per heavy atom. The number of methoxy groups -OCH3 is 1. The lowest BCUT2D eigenvalue weighted by Crippen LogP contribution is -2.01. The lowest BCUT2D eigenvalue weighted by molar-refractivity contribution is 0.303. The van der Waals surface area contributed by atoms with Gasteiger partial charge in [0.05, 0.1) is 18.5 Å². The summed E-state index contributed by atoms with van der Waals surface area (Å²) in [5, 5.41) is 0. The van der Waals surface area contributed by atoms with Gasteiger partial charge in [-0.2, -0.15) is 0 Å². The van der Waals surface area contributed by atoms with Crippen LogP contribution in [-0.2, 0) is 11.2 Å². The van der Waals surface area contributed by atoms with Gasteiger partial charge in [0.25, 0.3) is 0 Å². The highest BCUT2D eigenvalue weighted by molar-refractivity contribution is 6.11. The molecule has 4 rings (SSSR count). The molecule has 154 valence electrons. The van der Waals surface area contributed by atoms with Gasteiger partial charge in [-0.3, -0.25) is 0 Å². The Morgan fingerprint density at radius 1 is 1.24 bits per heavy atom. The molecule has 2 aromatic rings. The normalized spacial score (nSPS) is 21.2. The number of allylic oxidation sites excluding steroid dienone is 1. The second-order valence-corrected chi connectivity index (χ2v) is 8.28. The lowest BCUT2D eigenvalue weighted by Gasteiger charge is -2.17. The number of aryl methyl sites for hydroxylation is 1. The van der Waals surface area contributed by atoms with E-state index in [1.54, 1.807) is 7.11 Å². The number of hydrogen-bond donors (Lipinski definition) is 2. The summed E-state index contributed by atoms with van der Waals surface area (Å²) < 4.78 is 5.65. The molecule has 29 heavy (non-hydrogen) atoms. The van der Waals surface area contributed by atoms with E-state index >= 15 is 0 Å². The average molecular weight is 392 g/mol. The molecule has 2 bridgehead atoms. The molecule has 0 amide bonds. The van der Waals surface area contributed by atoms with Crippen LogP contribution in [0.3, 0.4) is 0 Å². The van der Waals surface area contributed by atoms with Crippen molar-refractivity contribution in [1.29, 1.82) is 0 Å². The van der Waals surface area contributed by atoms with E-state index in [4.69, 9.17) is 9.73 Å². The SMILES string of the molecule is CCCCC1CCCCCCc2cc1c(/C=C1/N=C(c3ccc[nH]3)C=C1OC)[nH]2. The Bertz CT molecular complexity index is 899. The number of nitrogens with zero attached hydrogens (tertiary/aromatic N) is 1. The minimum atomic E-state index is 0.633. The third-order valence-electron chi connectivity index (χ3n) is 6.17. The van der Waals surface area contributed by atoms with Crippen molar-refractivity contribution < 1.29 is 4.74 Å². The number of ether oxygens (including phenoxy) is 1. The maximum Gasteiger partial charge on any atom is 0.146 e. The van der Waals surface area contributed by atoms with Gasteiger partial charge in [0.2, 0.25) is 0 Å². The number of aromatic amines is 2. The standard InChI is InChI=1S/C25H33N3O/c1-3-4-10-18-11-7-5-6-8-12-19-15-20(18)22(27-19)16-24-25(29-2)17-23(28-24)21-13-9-14-26-21/h9,13-18,26-27H,3-8,10-12H2,1-2H3/b24-16+. The molecule has 0 fully saturated rings. The maximum absolute atomic E-state index is 5.65. The van der Waals surface area contributed by atoms with Crippen molar-refractivity contribution in [1.82, 2.24) is 9.97 Å².